The largest absolute Gasteiger partial charge is 0.480 e. The quantitative estimate of drug-likeness (QED) is 0.548. The number of nitrogens with zero attached hydrogens (tertiary/aromatic N) is 3. The van der Waals surface area contributed by atoms with E-state index in [1.165, 1.54) is 11.1 Å². The van der Waals surface area contributed by atoms with Gasteiger partial charge in [-0.2, -0.15) is 0 Å². The van der Waals surface area contributed by atoms with Crippen LogP contribution in [0.3, 0.4) is 0 Å². The summed E-state index contributed by atoms with van der Waals surface area (Å²) in [6.45, 7) is 4.84. The molecule has 1 fully saturated rings. The normalized spacial score (nSPS) is 18.0. The van der Waals surface area contributed by atoms with Crippen molar-refractivity contribution in [3.05, 3.63) is 83.6 Å². The number of carboxylic acids is 1. The van der Waals surface area contributed by atoms with E-state index in [1.54, 1.807) is 13.1 Å². The van der Waals surface area contributed by atoms with Gasteiger partial charge in [0, 0.05) is 37.6 Å². The Morgan fingerprint density at radius 2 is 1.65 bits per heavy atom. The highest BCUT2D eigenvalue weighted by molar-refractivity contribution is 5.96. The Morgan fingerprint density at radius 3 is 2.13 bits per heavy atom. The first-order chi connectivity index (χ1) is 15.1. The lowest BCUT2D eigenvalue weighted by molar-refractivity contribution is -0.152. The van der Waals surface area contributed by atoms with Gasteiger partial charge in [0.05, 0.1) is 6.04 Å². The lowest BCUT2D eigenvalue weighted by atomic mass is 9.95. The standard InChI is InChI=1S/C25H29N3O3/c1-3-19(17-26-4-2)24(29)28-16-15-27(18-22(28)25(30)31)23(20-11-7-5-8-12-20)21-13-9-6-10-14-21/h4-14,17,22-23H,3,15-16,18H2,1-2H3,(H,30,31)/b19-17+,26-4?. The number of aliphatic imine (C=N–C) groups is 1. The molecule has 2 aromatic rings. The van der Waals surface area contributed by atoms with Gasteiger partial charge < -0.3 is 10.0 Å². The molecule has 1 amide bonds. The van der Waals surface area contributed by atoms with Crippen LogP contribution in [0.1, 0.15) is 37.4 Å². The number of benzene rings is 2. The summed E-state index contributed by atoms with van der Waals surface area (Å²) in [6.07, 6.45) is 3.64. The van der Waals surface area contributed by atoms with Crippen LogP contribution in [-0.2, 0) is 9.59 Å². The number of aliphatic carboxylic acids is 1. The van der Waals surface area contributed by atoms with Crippen LogP contribution in [0, 0.1) is 0 Å². The molecule has 0 aliphatic carbocycles. The molecule has 31 heavy (non-hydrogen) atoms. The minimum Gasteiger partial charge on any atom is -0.480 e. The average Bonchev–Trinajstić information content (AvgIpc) is 2.81. The molecule has 0 saturated carbocycles. The molecule has 1 heterocycles. The van der Waals surface area contributed by atoms with Crippen molar-refractivity contribution >= 4 is 18.1 Å². The summed E-state index contributed by atoms with van der Waals surface area (Å²) in [5.41, 5.74) is 2.72. The third kappa shape index (κ3) is 5.27. The minimum atomic E-state index is -0.993. The summed E-state index contributed by atoms with van der Waals surface area (Å²) in [5, 5.41) is 9.96. The molecular formula is C25H29N3O3. The maximum Gasteiger partial charge on any atom is 0.327 e. The topological polar surface area (TPSA) is 73.2 Å². The molecule has 0 aromatic heterocycles. The number of piperazine rings is 1. The molecule has 2 aromatic carbocycles. The highest BCUT2D eigenvalue weighted by Gasteiger charge is 2.38. The van der Waals surface area contributed by atoms with E-state index in [1.807, 2.05) is 43.3 Å². The summed E-state index contributed by atoms with van der Waals surface area (Å²) in [4.78, 5) is 32.9. The second kappa shape index (κ2) is 10.7. The van der Waals surface area contributed by atoms with Crippen LogP contribution < -0.4 is 0 Å². The van der Waals surface area contributed by atoms with Crippen LogP contribution in [0.5, 0.6) is 0 Å². The van der Waals surface area contributed by atoms with E-state index in [9.17, 15) is 14.7 Å². The monoisotopic (exact) mass is 419 g/mol. The van der Waals surface area contributed by atoms with E-state index in [4.69, 9.17) is 0 Å². The van der Waals surface area contributed by atoms with E-state index in [2.05, 4.69) is 34.2 Å². The molecule has 162 valence electrons. The molecule has 1 saturated heterocycles. The molecular weight excluding hydrogens is 390 g/mol. The molecule has 6 heteroatoms. The van der Waals surface area contributed by atoms with E-state index in [-0.39, 0.29) is 18.5 Å². The minimum absolute atomic E-state index is 0.0765. The summed E-state index contributed by atoms with van der Waals surface area (Å²) in [7, 11) is 0. The van der Waals surface area contributed by atoms with Gasteiger partial charge in [-0.1, -0.05) is 67.6 Å². The highest BCUT2D eigenvalue weighted by atomic mass is 16.4. The first kappa shape index (κ1) is 22.4. The number of carbonyl (C=O) groups is 2. The fourth-order valence-electron chi connectivity index (χ4n) is 4.02. The molecule has 0 spiro atoms. The van der Waals surface area contributed by atoms with Gasteiger partial charge in [0.2, 0.25) is 0 Å². The van der Waals surface area contributed by atoms with Crippen molar-refractivity contribution in [2.45, 2.75) is 32.4 Å². The molecule has 6 nitrogen and oxygen atoms in total. The van der Waals surface area contributed by atoms with Crippen molar-refractivity contribution in [2.75, 3.05) is 19.6 Å². The Labute approximate surface area is 183 Å². The van der Waals surface area contributed by atoms with Gasteiger partial charge >= 0.3 is 5.97 Å². The van der Waals surface area contributed by atoms with Gasteiger partial charge in [0.15, 0.2) is 0 Å². The number of rotatable bonds is 7. The van der Waals surface area contributed by atoms with Crippen molar-refractivity contribution < 1.29 is 14.7 Å². The van der Waals surface area contributed by atoms with E-state index >= 15 is 0 Å². The molecule has 1 atom stereocenters. The zero-order valence-electron chi connectivity index (χ0n) is 18.0. The van der Waals surface area contributed by atoms with Crippen molar-refractivity contribution in [1.29, 1.82) is 0 Å². The van der Waals surface area contributed by atoms with Crippen LogP contribution in [0.25, 0.3) is 0 Å². The zero-order chi connectivity index (χ0) is 22.2. The van der Waals surface area contributed by atoms with Gasteiger partial charge in [0.25, 0.3) is 5.91 Å². The van der Waals surface area contributed by atoms with E-state index in [0.29, 0.717) is 25.1 Å². The SMILES string of the molecule is CC=N/C=C(\CC)C(=O)N1CCN(C(c2ccccc2)c2ccccc2)CC1C(=O)O. The van der Waals surface area contributed by atoms with Gasteiger partial charge in [-0.3, -0.25) is 14.7 Å². The molecule has 1 aliphatic heterocycles. The van der Waals surface area contributed by atoms with Crippen LogP contribution >= 0.6 is 0 Å². The Balaban J connectivity index is 1.91. The Hall–Kier alpha value is -3.25. The van der Waals surface area contributed by atoms with Crippen molar-refractivity contribution in [2.24, 2.45) is 4.99 Å². The number of hydrogen-bond donors (Lipinski definition) is 1. The van der Waals surface area contributed by atoms with Crippen LogP contribution in [0.2, 0.25) is 0 Å². The third-order valence-corrected chi connectivity index (χ3v) is 5.59. The van der Waals surface area contributed by atoms with E-state index < -0.39 is 12.0 Å². The van der Waals surface area contributed by atoms with Gasteiger partial charge in [-0.25, -0.2) is 4.79 Å². The lowest BCUT2D eigenvalue weighted by Crippen LogP contribution is -2.59. The van der Waals surface area contributed by atoms with Crippen LogP contribution in [0.15, 0.2) is 77.4 Å². The number of amides is 1. The Kier molecular flexibility index (Phi) is 7.73. The predicted octanol–water partition coefficient (Wildman–Crippen LogP) is 3.76. The molecule has 0 bridgehead atoms. The van der Waals surface area contributed by atoms with Gasteiger partial charge in [0.1, 0.15) is 6.04 Å². The maximum atomic E-state index is 13.1. The summed E-state index contributed by atoms with van der Waals surface area (Å²) < 4.78 is 0. The highest BCUT2D eigenvalue weighted by Crippen LogP contribution is 2.31. The molecule has 3 rings (SSSR count). The van der Waals surface area contributed by atoms with Gasteiger partial charge in [-0.15, -0.1) is 0 Å². The molecule has 1 N–H and O–H groups in total. The van der Waals surface area contributed by atoms with E-state index in [0.717, 1.165) is 11.1 Å². The second-order valence-corrected chi connectivity index (χ2v) is 7.49. The molecule has 1 unspecified atom stereocenters. The number of carboxylic acid groups (broad SMARTS) is 1. The maximum absolute atomic E-state index is 13.1. The average molecular weight is 420 g/mol. The molecule has 1 aliphatic rings. The third-order valence-electron chi connectivity index (χ3n) is 5.59. The fourth-order valence-corrected chi connectivity index (χ4v) is 4.02. The predicted molar refractivity (Wildman–Crippen MR) is 122 cm³/mol. The fraction of sp³-hybridized carbons (Fsp3) is 0.320. The Bertz CT molecular complexity index is 901. The second-order valence-electron chi connectivity index (χ2n) is 7.49. The number of hydrogen-bond acceptors (Lipinski definition) is 4. The number of carbonyl (C=O) groups excluding carboxylic acids is 1. The van der Waals surface area contributed by atoms with Crippen LogP contribution in [-0.4, -0.2) is 58.7 Å². The first-order valence-corrected chi connectivity index (χ1v) is 10.6. The Morgan fingerprint density at radius 1 is 1.06 bits per heavy atom. The van der Waals surface area contributed by atoms with Crippen LogP contribution in [0.4, 0.5) is 0 Å². The zero-order valence-corrected chi connectivity index (χ0v) is 18.0. The first-order valence-electron chi connectivity index (χ1n) is 10.6. The molecule has 0 radical (unpaired) electrons. The lowest BCUT2D eigenvalue weighted by Gasteiger charge is -2.43. The summed E-state index contributed by atoms with van der Waals surface area (Å²) in [6, 6.07) is 19.2. The summed E-state index contributed by atoms with van der Waals surface area (Å²) in [5.74, 6) is -1.25. The van der Waals surface area contributed by atoms with Crippen molar-refractivity contribution in [3.63, 3.8) is 0 Å². The van der Waals surface area contributed by atoms with Crippen molar-refractivity contribution in [3.8, 4) is 0 Å². The van der Waals surface area contributed by atoms with Crippen molar-refractivity contribution in [1.82, 2.24) is 9.80 Å². The summed E-state index contributed by atoms with van der Waals surface area (Å²) >= 11 is 0. The van der Waals surface area contributed by atoms with Gasteiger partial charge in [-0.05, 0) is 24.5 Å². The smallest absolute Gasteiger partial charge is 0.327 e.